The molecule has 1 aliphatic rings. The molecule has 89 valence electrons. The van der Waals surface area contributed by atoms with Crippen molar-refractivity contribution in [2.75, 3.05) is 6.61 Å². The Labute approximate surface area is 100 Å². The average molecular weight is 231 g/mol. The summed E-state index contributed by atoms with van der Waals surface area (Å²) in [7, 11) is 0. The Morgan fingerprint density at radius 2 is 2.24 bits per heavy atom. The summed E-state index contributed by atoms with van der Waals surface area (Å²) in [5.41, 5.74) is 8.75. The Kier molecular flexibility index (Phi) is 3.44. The van der Waals surface area contributed by atoms with Crippen molar-refractivity contribution in [3.05, 3.63) is 36.0 Å². The zero-order chi connectivity index (χ0) is 12.3. The monoisotopic (exact) mass is 231 g/mol. The van der Waals surface area contributed by atoms with E-state index in [0.717, 1.165) is 16.8 Å². The molecule has 0 saturated carbocycles. The van der Waals surface area contributed by atoms with Crippen LogP contribution in [0.25, 0.3) is 5.57 Å². The first-order chi connectivity index (χ1) is 8.22. The summed E-state index contributed by atoms with van der Waals surface area (Å²) in [6, 6.07) is 7.18. The predicted octanol–water partition coefficient (Wildman–Crippen LogP) is 1.56. The molecule has 1 radical (unpaired) electrons. The number of ether oxygens (including phenoxy) is 1. The van der Waals surface area contributed by atoms with Crippen LogP contribution in [0, 0.1) is 0 Å². The van der Waals surface area contributed by atoms with E-state index < -0.39 is 6.04 Å². The number of nitrogens with zero attached hydrogens (tertiary/aromatic N) is 1. The summed E-state index contributed by atoms with van der Waals surface area (Å²) in [4.78, 5) is 11.4. The molecule has 0 aliphatic carbocycles. The summed E-state index contributed by atoms with van der Waals surface area (Å²) in [6.07, 6.45) is 2.23. The quantitative estimate of drug-likeness (QED) is 0.799. The minimum Gasteiger partial charge on any atom is -0.465 e. The number of rotatable bonds is 4. The maximum absolute atomic E-state index is 11.4. The highest BCUT2D eigenvalue weighted by Gasteiger charge is 2.21. The lowest BCUT2D eigenvalue weighted by atomic mass is 10.0. The molecule has 0 saturated heterocycles. The molecule has 0 fully saturated rings. The van der Waals surface area contributed by atoms with Crippen LogP contribution < -0.4 is 11.1 Å². The molecule has 2 N–H and O–H groups in total. The van der Waals surface area contributed by atoms with Crippen LogP contribution in [0.4, 0.5) is 5.69 Å². The standard InChI is InChI=1S/C13H15N2O2/c1-2-17-13(16)11(14)7-9-8-15-12-6-4-3-5-10(9)12/h3-6,8,11H,2,7,14H2,1H3/t11-/m0/s1. The normalized spacial score (nSPS) is 14.6. The van der Waals surface area contributed by atoms with Crippen molar-refractivity contribution < 1.29 is 9.53 Å². The van der Waals surface area contributed by atoms with Gasteiger partial charge in [0.05, 0.1) is 12.3 Å². The summed E-state index contributed by atoms with van der Waals surface area (Å²) < 4.78 is 4.88. The van der Waals surface area contributed by atoms with E-state index in [1.54, 1.807) is 13.1 Å². The average Bonchev–Trinajstić information content (AvgIpc) is 2.73. The van der Waals surface area contributed by atoms with E-state index in [-0.39, 0.29) is 5.97 Å². The molecule has 1 aromatic carbocycles. The van der Waals surface area contributed by atoms with Crippen molar-refractivity contribution in [2.45, 2.75) is 19.4 Å². The van der Waals surface area contributed by atoms with Crippen LogP contribution in [0.2, 0.25) is 0 Å². The van der Waals surface area contributed by atoms with Crippen LogP contribution in [0.1, 0.15) is 18.9 Å². The topological polar surface area (TPSA) is 66.4 Å². The third kappa shape index (κ3) is 2.47. The molecular weight excluding hydrogens is 216 g/mol. The molecule has 1 atom stereocenters. The van der Waals surface area contributed by atoms with Crippen molar-refractivity contribution in [2.24, 2.45) is 5.73 Å². The number of carbonyl (C=O) groups excluding carboxylic acids is 1. The predicted molar refractivity (Wildman–Crippen MR) is 65.4 cm³/mol. The van der Waals surface area contributed by atoms with Crippen LogP contribution in [-0.4, -0.2) is 18.6 Å². The van der Waals surface area contributed by atoms with E-state index in [4.69, 9.17) is 10.5 Å². The van der Waals surface area contributed by atoms with Gasteiger partial charge < -0.3 is 10.5 Å². The zero-order valence-corrected chi connectivity index (χ0v) is 9.72. The second-order valence-corrected chi connectivity index (χ2v) is 3.86. The largest absolute Gasteiger partial charge is 0.465 e. The Balaban J connectivity index is 2.04. The Morgan fingerprint density at radius 1 is 1.47 bits per heavy atom. The lowest BCUT2D eigenvalue weighted by molar-refractivity contribution is -0.144. The van der Waals surface area contributed by atoms with E-state index in [1.807, 2.05) is 24.3 Å². The van der Waals surface area contributed by atoms with E-state index in [9.17, 15) is 4.79 Å². The van der Waals surface area contributed by atoms with Gasteiger partial charge in [0.15, 0.2) is 0 Å². The van der Waals surface area contributed by atoms with E-state index >= 15 is 0 Å². The number of carbonyl (C=O) groups is 1. The van der Waals surface area contributed by atoms with Gasteiger partial charge in [0.25, 0.3) is 0 Å². The fourth-order valence-electron chi connectivity index (χ4n) is 1.81. The van der Waals surface area contributed by atoms with Crippen LogP contribution in [0.15, 0.2) is 30.5 Å². The molecule has 0 unspecified atom stereocenters. The highest BCUT2D eigenvalue weighted by atomic mass is 16.5. The van der Waals surface area contributed by atoms with Crippen molar-refractivity contribution in [1.82, 2.24) is 5.32 Å². The van der Waals surface area contributed by atoms with E-state index in [2.05, 4.69) is 5.32 Å². The first-order valence-corrected chi connectivity index (χ1v) is 5.64. The highest BCUT2D eigenvalue weighted by molar-refractivity contribution is 5.84. The van der Waals surface area contributed by atoms with Crippen molar-refractivity contribution in [1.29, 1.82) is 0 Å². The lowest BCUT2D eigenvalue weighted by Crippen LogP contribution is -2.32. The summed E-state index contributed by atoms with van der Waals surface area (Å²) in [6.45, 7) is 2.12. The highest BCUT2D eigenvalue weighted by Crippen LogP contribution is 2.32. The molecule has 1 aliphatic heterocycles. The van der Waals surface area contributed by atoms with Crippen LogP contribution in [0.5, 0.6) is 0 Å². The van der Waals surface area contributed by atoms with Gasteiger partial charge in [0, 0.05) is 18.2 Å². The Morgan fingerprint density at radius 3 is 3.00 bits per heavy atom. The van der Waals surface area contributed by atoms with Gasteiger partial charge in [-0.3, -0.25) is 10.1 Å². The van der Waals surface area contributed by atoms with Crippen molar-refractivity contribution >= 4 is 17.2 Å². The molecule has 0 amide bonds. The Bertz CT molecular complexity index is 454. The summed E-state index contributed by atoms with van der Waals surface area (Å²) in [5.74, 6) is -0.363. The van der Waals surface area contributed by atoms with Crippen LogP contribution >= 0.6 is 0 Å². The molecule has 2 rings (SSSR count). The second-order valence-electron chi connectivity index (χ2n) is 3.86. The van der Waals surface area contributed by atoms with Gasteiger partial charge in [0.1, 0.15) is 6.04 Å². The third-order valence-electron chi connectivity index (χ3n) is 2.64. The fourth-order valence-corrected chi connectivity index (χ4v) is 1.81. The first kappa shape index (κ1) is 11.7. The SMILES string of the molecule is CCOC(=O)[C@@H](N)CC1=C[N]c2ccccc21. The van der Waals surface area contributed by atoms with E-state index in [0.29, 0.717) is 13.0 Å². The number of esters is 1. The maximum Gasteiger partial charge on any atom is 0.323 e. The minimum atomic E-state index is -0.623. The van der Waals surface area contributed by atoms with Crippen molar-refractivity contribution in [3.63, 3.8) is 0 Å². The van der Waals surface area contributed by atoms with Crippen LogP contribution in [0.3, 0.4) is 0 Å². The first-order valence-electron chi connectivity index (χ1n) is 5.64. The number of hydrogen-bond acceptors (Lipinski definition) is 3. The summed E-state index contributed by atoms with van der Waals surface area (Å²) in [5, 5.41) is 4.27. The number of hydrogen-bond donors (Lipinski definition) is 1. The lowest BCUT2D eigenvalue weighted by Gasteiger charge is -2.11. The molecule has 0 bridgehead atoms. The van der Waals surface area contributed by atoms with Gasteiger partial charge in [-0.1, -0.05) is 18.2 Å². The minimum absolute atomic E-state index is 0.354. The molecule has 0 aromatic heterocycles. The molecule has 4 nitrogen and oxygen atoms in total. The van der Waals surface area contributed by atoms with Gasteiger partial charge in [-0.15, -0.1) is 0 Å². The molecule has 1 heterocycles. The number of nitrogens with two attached hydrogens (primary N) is 1. The van der Waals surface area contributed by atoms with Gasteiger partial charge in [-0.25, -0.2) is 0 Å². The third-order valence-corrected chi connectivity index (χ3v) is 2.64. The smallest absolute Gasteiger partial charge is 0.323 e. The molecule has 17 heavy (non-hydrogen) atoms. The van der Waals surface area contributed by atoms with Gasteiger partial charge in [-0.2, -0.15) is 0 Å². The molecule has 1 aromatic rings. The fraction of sp³-hybridized carbons (Fsp3) is 0.308. The van der Waals surface area contributed by atoms with Gasteiger partial charge >= 0.3 is 5.97 Å². The van der Waals surface area contributed by atoms with Gasteiger partial charge in [0.2, 0.25) is 0 Å². The summed E-state index contributed by atoms with van der Waals surface area (Å²) >= 11 is 0. The number of para-hydroxylation sites is 1. The Hall–Kier alpha value is -1.81. The molecule has 4 heteroatoms. The zero-order valence-electron chi connectivity index (χ0n) is 9.72. The number of benzene rings is 1. The van der Waals surface area contributed by atoms with Crippen molar-refractivity contribution in [3.8, 4) is 0 Å². The van der Waals surface area contributed by atoms with Gasteiger partial charge in [-0.05, 0) is 18.6 Å². The maximum atomic E-state index is 11.4. The molecular formula is C13H15N2O2. The van der Waals surface area contributed by atoms with E-state index in [1.165, 1.54) is 0 Å². The number of fused-ring (bicyclic) bond motifs is 1. The second kappa shape index (κ2) is 5.01. The molecule has 0 spiro atoms. The van der Waals surface area contributed by atoms with Crippen LogP contribution in [-0.2, 0) is 9.53 Å².